The van der Waals surface area contributed by atoms with E-state index < -0.39 is 0 Å². The maximum absolute atomic E-state index is 12.2. The third kappa shape index (κ3) is 4.96. The fourth-order valence-electron chi connectivity index (χ4n) is 3.48. The zero-order valence-electron chi connectivity index (χ0n) is 19.0. The number of carbonyl (C=O) groups is 1. The Bertz CT molecular complexity index is 1090. The van der Waals surface area contributed by atoms with E-state index in [-0.39, 0.29) is 17.3 Å². The second-order valence-corrected chi connectivity index (χ2v) is 8.90. The number of aromatic amines is 1. The van der Waals surface area contributed by atoms with E-state index in [4.69, 9.17) is 14.5 Å². The van der Waals surface area contributed by atoms with Gasteiger partial charge in [0, 0.05) is 50.0 Å². The minimum absolute atomic E-state index is 0.0515. The van der Waals surface area contributed by atoms with Crippen LogP contribution < -0.4 is 9.64 Å². The summed E-state index contributed by atoms with van der Waals surface area (Å²) >= 11 is 0. The number of anilines is 1. The summed E-state index contributed by atoms with van der Waals surface area (Å²) in [5, 5.41) is 8.05. The first kappa shape index (κ1) is 21.9. The summed E-state index contributed by atoms with van der Waals surface area (Å²) in [5.74, 6) is 1.12. The molecule has 32 heavy (non-hydrogen) atoms. The molecule has 1 aromatic carbocycles. The monoisotopic (exact) mass is 439 g/mol. The van der Waals surface area contributed by atoms with Gasteiger partial charge in [-0.25, -0.2) is 0 Å². The van der Waals surface area contributed by atoms with Crippen LogP contribution >= 0.6 is 0 Å². The average Bonchev–Trinajstić information content (AvgIpc) is 3.27. The van der Waals surface area contributed by atoms with Gasteiger partial charge in [-0.2, -0.15) is 20.1 Å². The van der Waals surface area contributed by atoms with Crippen LogP contribution in [0.2, 0.25) is 0 Å². The predicted octanol–water partition coefficient (Wildman–Crippen LogP) is 2.13. The standard InChI is InChI=1S/C22H29N7O3/c1-22(2,12-18(30)28(3)4)14-32-21-25-19(15-6-5-7-17-16(15)13-23-27-17)24-20(26-21)29-8-10-31-11-9-29/h5-7,13H,8-12,14H2,1-4H3,(H,23,27). The van der Waals surface area contributed by atoms with Gasteiger partial charge in [0.15, 0.2) is 5.82 Å². The molecule has 0 aliphatic carbocycles. The zero-order chi connectivity index (χ0) is 22.7. The molecule has 1 amide bonds. The average molecular weight is 440 g/mol. The Morgan fingerprint density at radius 3 is 2.75 bits per heavy atom. The Labute approximate surface area is 187 Å². The predicted molar refractivity (Wildman–Crippen MR) is 121 cm³/mol. The molecule has 0 saturated carbocycles. The number of fused-ring (bicyclic) bond motifs is 1. The lowest BCUT2D eigenvalue weighted by molar-refractivity contribution is -0.131. The number of benzene rings is 1. The molecular weight excluding hydrogens is 410 g/mol. The van der Waals surface area contributed by atoms with E-state index >= 15 is 0 Å². The Hall–Kier alpha value is -3.27. The smallest absolute Gasteiger partial charge is 0.321 e. The van der Waals surface area contributed by atoms with Crippen LogP contribution in [0, 0.1) is 5.41 Å². The summed E-state index contributed by atoms with van der Waals surface area (Å²) in [6.07, 6.45) is 2.13. The van der Waals surface area contributed by atoms with E-state index in [0.29, 0.717) is 51.1 Å². The largest absolute Gasteiger partial charge is 0.463 e. The summed E-state index contributed by atoms with van der Waals surface area (Å²) in [7, 11) is 3.51. The highest BCUT2D eigenvalue weighted by molar-refractivity contribution is 5.92. The van der Waals surface area contributed by atoms with E-state index in [0.717, 1.165) is 16.5 Å². The van der Waals surface area contributed by atoms with Crippen molar-refractivity contribution in [3.05, 3.63) is 24.4 Å². The van der Waals surface area contributed by atoms with Crippen LogP contribution in [-0.2, 0) is 9.53 Å². The van der Waals surface area contributed by atoms with Crippen LogP contribution in [0.1, 0.15) is 20.3 Å². The number of morpholine rings is 1. The number of hydrogen-bond donors (Lipinski definition) is 1. The molecule has 1 N–H and O–H groups in total. The van der Waals surface area contributed by atoms with Crippen molar-refractivity contribution in [1.82, 2.24) is 30.0 Å². The molecule has 1 aliphatic heterocycles. The minimum Gasteiger partial charge on any atom is -0.463 e. The van der Waals surface area contributed by atoms with Crippen LogP contribution in [-0.4, -0.2) is 83.0 Å². The second kappa shape index (κ2) is 9.07. The van der Waals surface area contributed by atoms with Crippen LogP contribution in [0.25, 0.3) is 22.3 Å². The quantitative estimate of drug-likeness (QED) is 0.596. The SMILES string of the molecule is CN(C)C(=O)CC(C)(C)COc1nc(-c2cccc3[nH]ncc23)nc(N2CCOCC2)n1. The summed E-state index contributed by atoms with van der Waals surface area (Å²) in [6.45, 7) is 6.91. The van der Waals surface area contributed by atoms with E-state index in [1.54, 1.807) is 25.2 Å². The maximum Gasteiger partial charge on any atom is 0.321 e. The van der Waals surface area contributed by atoms with Crippen molar-refractivity contribution in [1.29, 1.82) is 0 Å². The molecule has 1 saturated heterocycles. The Morgan fingerprint density at radius 2 is 2.00 bits per heavy atom. The molecule has 1 fully saturated rings. The Morgan fingerprint density at radius 1 is 1.22 bits per heavy atom. The lowest BCUT2D eigenvalue weighted by atomic mass is 9.90. The zero-order valence-corrected chi connectivity index (χ0v) is 19.0. The molecular formula is C22H29N7O3. The van der Waals surface area contributed by atoms with Gasteiger partial charge in [-0.05, 0) is 6.07 Å². The van der Waals surface area contributed by atoms with Gasteiger partial charge >= 0.3 is 6.01 Å². The fourth-order valence-corrected chi connectivity index (χ4v) is 3.48. The van der Waals surface area contributed by atoms with Crippen molar-refractivity contribution in [2.75, 3.05) is 51.9 Å². The van der Waals surface area contributed by atoms with E-state index in [1.807, 2.05) is 32.0 Å². The second-order valence-electron chi connectivity index (χ2n) is 8.90. The highest BCUT2D eigenvalue weighted by Gasteiger charge is 2.26. The van der Waals surface area contributed by atoms with E-state index in [1.165, 1.54) is 0 Å². The number of H-pyrrole nitrogens is 1. The van der Waals surface area contributed by atoms with Gasteiger partial charge in [-0.1, -0.05) is 26.0 Å². The first-order valence-electron chi connectivity index (χ1n) is 10.7. The molecule has 10 nitrogen and oxygen atoms in total. The molecule has 0 unspecified atom stereocenters. The molecule has 0 spiro atoms. The van der Waals surface area contributed by atoms with Gasteiger partial charge in [0.2, 0.25) is 11.9 Å². The molecule has 3 aromatic rings. The maximum atomic E-state index is 12.2. The Balaban J connectivity index is 1.65. The number of carbonyl (C=O) groups excluding carboxylic acids is 1. The first-order chi connectivity index (χ1) is 15.3. The summed E-state index contributed by atoms with van der Waals surface area (Å²) in [6, 6.07) is 6.09. The van der Waals surface area contributed by atoms with Gasteiger partial charge in [-0.3, -0.25) is 9.89 Å². The van der Waals surface area contributed by atoms with Gasteiger partial charge in [0.05, 0.1) is 31.5 Å². The first-order valence-corrected chi connectivity index (χ1v) is 10.7. The highest BCUT2D eigenvalue weighted by Crippen LogP contribution is 2.28. The number of nitrogens with zero attached hydrogens (tertiary/aromatic N) is 6. The summed E-state index contributed by atoms with van der Waals surface area (Å²) < 4.78 is 11.5. The number of rotatable bonds is 7. The number of nitrogens with one attached hydrogen (secondary N) is 1. The highest BCUT2D eigenvalue weighted by atomic mass is 16.5. The molecule has 0 radical (unpaired) electrons. The topological polar surface area (TPSA) is 109 Å². The van der Waals surface area contributed by atoms with E-state index in [2.05, 4.69) is 25.1 Å². The van der Waals surface area contributed by atoms with Gasteiger partial charge < -0.3 is 19.3 Å². The number of aromatic nitrogens is 5. The molecule has 0 bridgehead atoms. The molecule has 4 rings (SSSR count). The van der Waals surface area contributed by atoms with Gasteiger partial charge in [0.1, 0.15) is 0 Å². The van der Waals surface area contributed by atoms with Crippen molar-refractivity contribution >= 4 is 22.8 Å². The molecule has 1 aliphatic rings. The molecule has 3 heterocycles. The van der Waals surface area contributed by atoms with Gasteiger partial charge in [-0.15, -0.1) is 0 Å². The van der Waals surface area contributed by atoms with Gasteiger partial charge in [0.25, 0.3) is 0 Å². The van der Waals surface area contributed by atoms with Crippen LogP contribution in [0.3, 0.4) is 0 Å². The summed E-state index contributed by atoms with van der Waals surface area (Å²) in [5.41, 5.74) is 1.37. The van der Waals surface area contributed by atoms with Crippen molar-refractivity contribution in [2.24, 2.45) is 5.41 Å². The molecule has 0 atom stereocenters. The minimum atomic E-state index is -0.377. The van der Waals surface area contributed by atoms with Crippen LogP contribution in [0.5, 0.6) is 6.01 Å². The normalized spacial score (nSPS) is 14.6. The van der Waals surface area contributed by atoms with Crippen molar-refractivity contribution in [3.63, 3.8) is 0 Å². The van der Waals surface area contributed by atoms with Crippen molar-refractivity contribution in [2.45, 2.75) is 20.3 Å². The van der Waals surface area contributed by atoms with Crippen LogP contribution in [0.4, 0.5) is 5.95 Å². The number of ether oxygens (including phenoxy) is 2. The van der Waals surface area contributed by atoms with E-state index in [9.17, 15) is 4.79 Å². The Kier molecular flexibility index (Phi) is 6.22. The number of amides is 1. The van der Waals surface area contributed by atoms with Crippen molar-refractivity contribution < 1.29 is 14.3 Å². The lowest BCUT2D eigenvalue weighted by Gasteiger charge is -2.28. The molecule has 10 heteroatoms. The van der Waals surface area contributed by atoms with Crippen LogP contribution in [0.15, 0.2) is 24.4 Å². The number of hydrogen-bond acceptors (Lipinski definition) is 8. The summed E-state index contributed by atoms with van der Waals surface area (Å²) in [4.78, 5) is 29.7. The lowest BCUT2D eigenvalue weighted by Crippen LogP contribution is -2.37. The fraction of sp³-hybridized carbons (Fsp3) is 0.500. The molecule has 170 valence electrons. The molecule has 2 aromatic heterocycles. The third-order valence-electron chi connectivity index (χ3n) is 5.34. The van der Waals surface area contributed by atoms with Crippen molar-refractivity contribution in [3.8, 4) is 17.4 Å². The third-order valence-corrected chi connectivity index (χ3v) is 5.34.